The van der Waals surface area contributed by atoms with E-state index < -0.39 is 69.7 Å². The molecule has 0 radical (unpaired) electrons. The van der Waals surface area contributed by atoms with Gasteiger partial charge in [0, 0.05) is 36.5 Å². The Labute approximate surface area is 271 Å². The standard InChI is InChI=1S/C33H46N2O9.ClH/c1-7-30(4)19-23(37)33(40)31(5)22(36)13-14-29(2,3)26(31)25(42-24(38)20-35-15-17-41-18-16-35)27(32(33,6)44-30)43-28(39)34-21-11-9-8-10-12-21;/h7-12,22,25-27,36,40H,1,13-20H2,2-6H3,(H,34,39);1H/t22-,25-,26-,27-,30-,31-,32+,33-;/m0./s1. The average molecular weight is 651 g/mol. The van der Waals surface area contributed by atoms with Crippen LogP contribution in [0.15, 0.2) is 43.0 Å². The number of hydrogen-bond acceptors (Lipinski definition) is 10. The minimum absolute atomic E-state index is 0. The maximum atomic E-state index is 14.3. The van der Waals surface area contributed by atoms with Crippen molar-refractivity contribution < 1.29 is 43.5 Å². The number of anilines is 1. The van der Waals surface area contributed by atoms with Crippen LogP contribution in [-0.4, -0.2) is 101 Å². The van der Waals surface area contributed by atoms with Crippen molar-refractivity contribution in [2.24, 2.45) is 16.7 Å². The normalized spacial score (nSPS) is 39.3. The lowest BCUT2D eigenvalue weighted by Gasteiger charge is -2.71. The number of esters is 1. The van der Waals surface area contributed by atoms with Gasteiger partial charge < -0.3 is 29.2 Å². The molecule has 2 aliphatic carbocycles. The highest BCUT2D eigenvalue weighted by atomic mass is 35.5. The van der Waals surface area contributed by atoms with E-state index in [2.05, 4.69) is 11.9 Å². The number of rotatable bonds is 6. The fraction of sp³-hybridized carbons (Fsp3) is 0.667. The number of nitrogens with zero attached hydrogens (tertiary/aromatic N) is 1. The Hall–Kier alpha value is -2.54. The summed E-state index contributed by atoms with van der Waals surface area (Å²) in [7, 11) is 0. The molecule has 8 atom stereocenters. The van der Waals surface area contributed by atoms with E-state index in [-0.39, 0.29) is 25.4 Å². The molecule has 250 valence electrons. The summed E-state index contributed by atoms with van der Waals surface area (Å²) in [6, 6.07) is 8.68. The summed E-state index contributed by atoms with van der Waals surface area (Å²) in [5, 5.41) is 27.3. The number of carbonyl (C=O) groups is 3. The molecule has 2 saturated heterocycles. The van der Waals surface area contributed by atoms with Crippen molar-refractivity contribution in [2.75, 3.05) is 38.2 Å². The van der Waals surface area contributed by atoms with E-state index in [0.29, 0.717) is 44.8 Å². The summed E-state index contributed by atoms with van der Waals surface area (Å²) in [4.78, 5) is 43.4. The van der Waals surface area contributed by atoms with Crippen LogP contribution in [0.1, 0.15) is 53.9 Å². The molecule has 0 aromatic heterocycles. The number of morpholine rings is 1. The zero-order chi connectivity index (χ0) is 32.1. The number of aliphatic hydroxyl groups is 2. The van der Waals surface area contributed by atoms with Crippen molar-refractivity contribution in [3.8, 4) is 0 Å². The van der Waals surface area contributed by atoms with E-state index in [1.54, 1.807) is 44.2 Å². The smallest absolute Gasteiger partial charge is 0.412 e. The highest BCUT2D eigenvalue weighted by Gasteiger charge is 2.82. The number of ether oxygens (including phenoxy) is 4. The fourth-order valence-electron chi connectivity index (χ4n) is 8.48. The lowest BCUT2D eigenvalue weighted by atomic mass is 9.39. The van der Waals surface area contributed by atoms with Crippen LogP contribution in [0.25, 0.3) is 0 Å². The zero-order valence-electron chi connectivity index (χ0n) is 26.7. The van der Waals surface area contributed by atoms with Crippen molar-refractivity contribution in [3.05, 3.63) is 43.0 Å². The maximum Gasteiger partial charge on any atom is 0.412 e. The number of hydrogen-bond donors (Lipinski definition) is 3. The molecule has 1 aromatic carbocycles. The first-order valence-corrected chi connectivity index (χ1v) is 15.4. The topological polar surface area (TPSA) is 144 Å². The van der Waals surface area contributed by atoms with E-state index in [1.807, 2.05) is 18.7 Å². The minimum atomic E-state index is -2.32. The van der Waals surface area contributed by atoms with Crippen molar-refractivity contribution in [1.29, 1.82) is 0 Å². The third kappa shape index (κ3) is 5.80. The third-order valence-corrected chi connectivity index (χ3v) is 10.7. The predicted octanol–water partition coefficient (Wildman–Crippen LogP) is 3.51. The van der Waals surface area contributed by atoms with Gasteiger partial charge in [-0.1, -0.05) is 45.0 Å². The van der Waals surface area contributed by atoms with E-state index in [4.69, 9.17) is 18.9 Å². The number of nitrogens with one attached hydrogen (secondary N) is 1. The first-order valence-electron chi connectivity index (χ1n) is 15.4. The highest BCUT2D eigenvalue weighted by molar-refractivity contribution is 5.93. The molecule has 0 unspecified atom stereocenters. The van der Waals surface area contributed by atoms with Gasteiger partial charge >= 0.3 is 12.1 Å². The van der Waals surface area contributed by atoms with Gasteiger partial charge in [-0.25, -0.2) is 4.79 Å². The van der Waals surface area contributed by atoms with Gasteiger partial charge in [0.15, 0.2) is 17.5 Å². The van der Waals surface area contributed by atoms with Gasteiger partial charge in [-0.3, -0.25) is 19.8 Å². The van der Waals surface area contributed by atoms with E-state index in [0.717, 1.165) is 0 Å². The molecule has 4 fully saturated rings. The SMILES string of the molecule is C=C[C@@]1(C)CC(=O)[C@]2(O)[C@@]3(C)[C@@H](O)CCC(C)(C)[C@@H]3[C@H](OC(=O)CN3CCOCC3)[C@H](OC(=O)Nc3ccccc3)[C@@]2(C)O1.Cl. The van der Waals surface area contributed by atoms with Crippen LogP contribution in [-0.2, 0) is 28.5 Å². The quantitative estimate of drug-likeness (QED) is 0.309. The van der Waals surface area contributed by atoms with Crippen molar-refractivity contribution in [3.63, 3.8) is 0 Å². The highest BCUT2D eigenvalue weighted by Crippen LogP contribution is 2.67. The summed E-state index contributed by atoms with van der Waals surface area (Å²) in [6.45, 7) is 14.7. The number of halogens is 1. The largest absolute Gasteiger partial charge is 0.457 e. The zero-order valence-corrected chi connectivity index (χ0v) is 27.6. The molecule has 1 aromatic rings. The second-order valence-electron chi connectivity index (χ2n) is 14.0. The number of para-hydroxylation sites is 1. The van der Waals surface area contributed by atoms with E-state index in [1.165, 1.54) is 13.0 Å². The lowest BCUT2D eigenvalue weighted by molar-refractivity contribution is -0.369. The Balaban J connectivity index is 0.00000461. The first-order chi connectivity index (χ1) is 20.6. The van der Waals surface area contributed by atoms with Crippen LogP contribution >= 0.6 is 12.4 Å². The van der Waals surface area contributed by atoms with Gasteiger partial charge in [-0.05, 0) is 44.2 Å². The molecule has 0 spiro atoms. The van der Waals surface area contributed by atoms with Crippen molar-refractivity contribution >= 4 is 35.9 Å². The molecule has 1 amide bonds. The third-order valence-electron chi connectivity index (χ3n) is 10.7. The second-order valence-corrected chi connectivity index (χ2v) is 14.0. The van der Waals surface area contributed by atoms with Crippen LogP contribution in [0.4, 0.5) is 10.5 Å². The summed E-state index contributed by atoms with van der Waals surface area (Å²) >= 11 is 0. The number of amides is 1. The molecular weight excluding hydrogens is 604 g/mol. The van der Waals surface area contributed by atoms with Gasteiger partial charge in [-0.15, -0.1) is 19.0 Å². The summed E-state index contributed by atoms with van der Waals surface area (Å²) < 4.78 is 24.5. The van der Waals surface area contributed by atoms with Crippen LogP contribution in [0.2, 0.25) is 0 Å². The van der Waals surface area contributed by atoms with Crippen LogP contribution in [0.3, 0.4) is 0 Å². The summed E-state index contributed by atoms with van der Waals surface area (Å²) in [5.41, 5.74) is -7.26. The molecule has 11 nitrogen and oxygen atoms in total. The number of aliphatic hydroxyl groups excluding tert-OH is 1. The Kier molecular flexibility index (Phi) is 9.87. The van der Waals surface area contributed by atoms with Gasteiger partial charge in [0.1, 0.15) is 11.7 Å². The molecule has 2 saturated carbocycles. The van der Waals surface area contributed by atoms with Gasteiger partial charge in [0.05, 0.1) is 31.5 Å². The Bertz CT molecular complexity index is 1290. The number of fused-ring (bicyclic) bond motifs is 3. The lowest BCUT2D eigenvalue weighted by Crippen LogP contribution is -2.87. The van der Waals surface area contributed by atoms with Crippen molar-refractivity contribution in [1.82, 2.24) is 4.90 Å². The van der Waals surface area contributed by atoms with Gasteiger partial charge in [0.2, 0.25) is 0 Å². The first kappa shape index (κ1) is 35.3. The molecule has 3 N–H and O–H groups in total. The van der Waals surface area contributed by atoms with E-state index in [9.17, 15) is 24.6 Å². The predicted molar refractivity (Wildman–Crippen MR) is 168 cm³/mol. The summed E-state index contributed by atoms with van der Waals surface area (Å²) in [6.07, 6.45) is -2.57. The van der Waals surface area contributed by atoms with Crippen LogP contribution in [0, 0.1) is 16.7 Å². The molecule has 5 rings (SSSR count). The average Bonchev–Trinajstić information content (AvgIpc) is 2.96. The Morgan fingerprint density at radius 1 is 1.11 bits per heavy atom. The van der Waals surface area contributed by atoms with Crippen molar-refractivity contribution in [2.45, 2.75) is 89.0 Å². The van der Waals surface area contributed by atoms with E-state index >= 15 is 0 Å². The molecule has 4 aliphatic rings. The number of ketones is 1. The van der Waals surface area contributed by atoms with Crippen LogP contribution < -0.4 is 5.32 Å². The van der Waals surface area contributed by atoms with Crippen LogP contribution in [0.5, 0.6) is 0 Å². The summed E-state index contributed by atoms with van der Waals surface area (Å²) in [5.74, 6) is -1.93. The number of benzene rings is 1. The Morgan fingerprint density at radius 3 is 2.38 bits per heavy atom. The number of Topliss-reactive ketones (excluding diaryl/α,β-unsaturated/α-hetero) is 1. The Morgan fingerprint density at radius 2 is 1.76 bits per heavy atom. The van der Waals surface area contributed by atoms with Gasteiger partial charge in [-0.2, -0.15) is 0 Å². The number of carbonyl (C=O) groups excluding carboxylic acids is 3. The molecule has 45 heavy (non-hydrogen) atoms. The molecule has 0 bridgehead atoms. The minimum Gasteiger partial charge on any atom is -0.457 e. The molecule has 2 heterocycles. The molecule has 12 heteroatoms. The second kappa shape index (κ2) is 12.6. The molecule has 2 aliphatic heterocycles. The monoisotopic (exact) mass is 650 g/mol. The van der Waals surface area contributed by atoms with Gasteiger partial charge in [0.25, 0.3) is 0 Å². The molecular formula is C33H47ClN2O9. The maximum absolute atomic E-state index is 14.3. The fourth-order valence-corrected chi connectivity index (χ4v) is 8.48.